The molecule has 1 rings (SSSR count). The van der Waals surface area contributed by atoms with Crippen molar-refractivity contribution in [3.63, 3.8) is 0 Å². The molecule has 0 aromatic heterocycles. The molecule has 60 valence electrons. The van der Waals surface area contributed by atoms with Crippen LogP contribution in [0.3, 0.4) is 0 Å². The maximum atomic E-state index is 8.71. The third-order valence-electron chi connectivity index (χ3n) is 1.35. The summed E-state index contributed by atoms with van der Waals surface area (Å²) in [5.74, 6) is 0. The first-order chi connectivity index (χ1) is 5.27. The van der Waals surface area contributed by atoms with Gasteiger partial charge < -0.3 is 5.11 Å². The highest BCUT2D eigenvalue weighted by Crippen LogP contribution is 2.20. The van der Waals surface area contributed by atoms with Crippen LogP contribution in [0.2, 0.25) is 5.02 Å². The average molecular weight is 174 g/mol. The Bertz CT molecular complexity index is 252. The molecule has 4 heteroatoms. The number of hydrogen-bond donors (Lipinski definition) is 3. The first-order valence-electron chi connectivity index (χ1n) is 3.07. The summed E-state index contributed by atoms with van der Waals surface area (Å²) >= 11 is 5.70. The molecule has 0 aliphatic carbocycles. The summed E-state index contributed by atoms with van der Waals surface area (Å²) in [6, 6.07) is 4.80. The van der Waals surface area contributed by atoms with Crippen molar-refractivity contribution in [2.24, 2.45) is 0 Å². The van der Waals surface area contributed by atoms with Crippen molar-refractivity contribution in [2.75, 3.05) is 5.48 Å². The number of hydrogen-bond acceptors (Lipinski definition) is 3. The molecule has 0 spiro atoms. The van der Waals surface area contributed by atoms with Crippen molar-refractivity contribution in [1.82, 2.24) is 0 Å². The van der Waals surface area contributed by atoms with E-state index in [9.17, 15) is 0 Å². The molecule has 0 unspecified atom stereocenters. The van der Waals surface area contributed by atoms with E-state index in [0.29, 0.717) is 16.3 Å². The topological polar surface area (TPSA) is 52.5 Å². The van der Waals surface area contributed by atoms with Gasteiger partial charge in [0.1, 0.15) is 0 Å². The average Bonchev–Trinajstić information content (AvgIpc) is 2.04. The summed E-state index contributed by atoms with van der Waals surface area (Å²) in [5, 5.41) is 17.6. The summed E-state index contributed by atoms with van der Waals surface area (Å²) < 4.78 is 0. The van der Waals surface area contributed by atoms with Crippen molar-refractivity contribution < 1.29 is 10.3 Å². The number of anilines is 1. The highest BCUT2D eigenvalue weighted by molar-refractivity contribution is 6.31. The maximum absolute atomic E-state index is 8.71. The van der Waals surface area contributed by atoms with Gasteiger partial charge in [-0.1, -0.05) is 17.7 Å². The Hall–Kier alpha value is -0.770. The summed E-state index contributed by atoms with van der Waals surface area (Å²) in [4.78, 5) is 0. The van der Waals surface area contributed by atoms with E-state index in [2.05, 4.69) is 0 Å². The van der Waals surface area contributed by atoms with Crippen LogP contribution in [0.1, 0.15) is 5.56 Å². The van der Waals surface area contributed by atoms with Crippen molar-refractivity contribution >= 4 is 17.3 Å². The zero-order valence-electron chi connectivity index (χ0n) is 5.71. The number of rotatable bonds is 2. The van der Waals surface area contributed by atoms with Crippen LogP contribution in [0.15, 0.2) is 18.2 Å². The largest absolute Gasteiger partial charge is 0.392 e. The molecule has 0 fully saturated rings. The number of halogens is 1. The van der Waals surface area contributed by atoms with Gasteiger partial charge in [0.2, 0.25) is 0 Å². The normalized spacial score (nSPS) is 9.73. The van der Waals surface area contributed by atoms with Gasteiger partial charge >= 0.3 is 0 Å². The Labute approximate surface area is 69.2 Å². The first kappa shape index (κ1) is 8.33. The van der Waals surface area contributed by atoms with Crippen LogP contribution in [0, 0.1) is 0 Å². The van der Waals surface area contributed by atoms with Gasteiger partial charge in [-0.15, -0.1) is 0 Å². The zero-order valence-corrected chi connectivity index (χ0v) is 6.47. The fourth-order valence-corrected chi connectivity index (χ4v) is 0.985. The molecule has 0 aliphatic rings. The Kier molecular flexibility index (Phi) is 2.70. The van der Waals surface area contributed by atoms with Crippen LogP contribution in [-0.2, 0) is 6.61 Å². The van der Waals surface area contributed by atoms with E-state index in [4.69, 9.17) is 21.9 Å². The second-order valence-corrected chi connectivity index (χ2v) is 2.48. The predicted octanol–water partition coefficient (Wildman–Crippen LogP) is 1.63. The highest BCUT2D eigenvalue weighted by atomic mass is 35.5. The van der Waals surface area contributed by atoms with Crippen LogP contribution in [0.4, 0.5) is 5.69 Å². The van der Waals surface area contributed by atoms with Gasteiger partial charge in [-0.2, -0.15) is 0 Å². The van der Waals surface area contributed by atoms with E-state index in [1.807, 2.05) is 5.48 Å². The molecule has 0 atom stereocenters. The predicted molar refractivity (Wildman–Crippen MR) is 42.8 cm³/mol. The molecule has 0 saturated heterocycles. The molecule has 3 N–H and O–H groups in total. The molecule has 1 aromatic carbocycles. The van der Waals surface area contributed by atoms with E-state index < -0.39 is 0 Å². The highest BCUT2D eigenvalue weighted by Gasteiger charge is 1.98. The van der Waals surface area contributed by atoms with Crippen molar-refractivity contribution in [2.45, 2.75) is 6.61 Å². The van der Waals surface area contributed by atoms with Crippen LogP contribution >= 0.6 is 11.6 Å². The van der Waals surface area contributed by atoms with Crippen LogP contribution < -0.4 is 5.48 Å². The van der Waals surface area contributed by atoms with Crippen LogP contribution in [-0.4, -0.2) is 10.3 Å². The zero-order chi connectivity index (χ0) is 8.27. The molecule has 0 amide bonds. The Morgan fingerprint density at radius 1 is 1.45 bits per heavy atom. The SMILES string of the molecule is OCc1ccc(NO)cc1Cl. The van der Waals surface area contributed by atoms with Gasteiger partial charge in [0.05, 0.1) is 12.3 Å². The third kappa shape index (κ3) is 1.83. The Balaban J connectivity index is 2.99. The lowest BCUT2D eigenvalue weighted by Gasteiger charge is -2.02. The minimum atomic E-state index is -0.0927. The molecule has 0 aliphatic heterocycles. The second-order valence-electron chi connectivity index (χ2n) is 2.08. The molecule has 0 heterocycles. The first-order valence-corrected chi connectivity index (χ1v) is 3.45. The second kappa shape index (κ2) is 3.57. The van der Waals surface area contributed by atoms with Gasteiger partial charge in [-0.3, -0.25) is 10.7 Å². The van der Waals surface area contributed by atoms with E-state index >= 15 is 0 Å². The molecular formula is C7H8ClNO2. The molecule has 0 bridgehead atoms. The number of aliphatic hydroxyl groups excluding tert-OH is 1. The lowest BCUT2D eigenvalue weighted by molar-refractivity contribution is 0.282. The Morgan fingerprint density at radius 2 is 2.18 bits per heavy atom. The van der Waals surface area contributed by atoms with Crippen molar-refractivity contribution in [1.29, 1.82) is 0 Å². The van der Waals surface area contributed by atoms with Crippen molar-refractivity contribution in [3.05, 3.63) is 28.8 Å². The minimum absolute atomic E-state index is 0.0927. The molecular weight excluding hydrogens is 166 g/mol. The molecule has 1 aromatic rings. The summed E-state index contributed by atoms with van der Waals surface area (Å²) in [6.45, 7) is -0.0927. The molecule has 3 nitrogen and oxygen atoms in total. The van der Waals surface area contributed by atoms with Gasteiger partial charge in [0.15, 0.2) is 0 Å². The van der Waals surface area contributed by atoms with E-state index in [0.717, 1.165) is 0 Å². The van der Waals surface area contributed by atoms with E-state index in [-0.39, 0.29) is 6.61 Å². The lowest BCUT2D eigenvalue weighted by atomic mass is 10.2. The quantitative estimate of drug-likeness (QED) is 0.596. The van der Waals surface area contributed by atoms with Crippen LogP contribution in [0.5, 0.6) is 0 Å². The Morgan fingerprint density at radius 3 is 2.64 bits per heavy atom. The monoisotopic (exact) mass is 173 g/mol. The summed E-state index contributed by atoms with van der Waals surface area (Å²) in [6.07, 6.45) is 0. The van der Waals surface area contributed by atoms with Gasteiger partial charge in [-0.05, 0) is 17.7 Å². The standard InChI is InChI=1S/C7H8ClNO2/c8-7-3-6(9-11)2-1-5(7)4-10/h1-3,9-11H,4H2. The van der Waals surface area contributed by atoms with Crippen molar-refractivity contribution in [3.8, 4) is 0 Å². The molecule has 0 saturated carbocycles. The summed E-state index contributed by atoms with van der Waals surface area (Å²) in [5.41, 5.74) is 3.10. The number of benzene rings is 1. The van der Waals surface area contributed by atoms with Crippen LogP contribution in [0.25, 0.3) is 0 Å². The van der Waals surface area contributed by atoms with Gasteiger partial charge in [-0.25, -0.2) is 0 Å². The molecule has 11 heavy (non-hydrogen) atoms. The fraction of sp³-hybridized carbons (Fsp3) is 0.143. The van der Waals surface area contributed by atoms with E-state index in [1.165, 1.54) is 6.07 Å². The minimum Gasteiger partial charge on any atom is -0.392 e. The van der Waals surface area contributed by atoms with Gasteiger partial charge in [0, 0.05) is 5.02 Å². The van der Waals surface area contributed by atoms with E-state index in [1.54, 1.807) is 12.1 Å². The summed E-state index contributed by atoms with van der Waals surface area (Å²) in [7, 11) is 0. The third-order valence-corrected chi connectivity index (χ3v) is 1.70. The molecule has 0 radical (unpaired) electrons. The fourth-order valence-electron chi connectivity index (χ4n) is 0.745. The maximum Gasteiger partial charge on any atom is 0.0696 e. The smallest absolute Gasteiger partial charge is 0.0696 e. The van der Waals surface area contributed by atoms with Gasteiger partial charge in [0.25, 0.3) is 0 Å². The number of nitrogens with one attached hydrogen (secondary N) is 1. The lowest BCUT2D eigenvalue weighted by Crippen LogP contribution is -1.90. The number of aliphatic hydroxyl groups is 1.